The summed E-state index contributed by atoms with van der Waals surface area (Å²) in [4.78, 5) is 13.0. The van der Waals surface area contributed by atoms with E-state index in [1.165, 1.54) is 5.57 Å². The molecule has 1 aliphatic heterocycles. The Kier molecular flexibility index (Phi) is 8.68. The lowest BCUT2D eigenvalue weighted by atomic mass is 9.33. The number of aliphatic hydroxyl groups is 7. The van der Waals surface area contributed by atoms with E-state index >= 15 is 0 Å². The third-order valence-electron chi connectivity index (χ3n) is 15.4. The van der Waals surface area contributed by atoms with Crippen molar-refractivity contribution in [1.82, 2.24) is 0 Å². The lowest BCUT2D eigenvalue weighted by Gasteiger charge is -2.72. The molecule has 0 amide bonds. The Morgan fingerprint density at radius 3 is 2.19 bits per heavy atom. The molecule has 11 heteroatoms. The molecule has 0 aromatic rings. The highest BCUT2D eigenvalue weighted by atomic mass is 16.7. The Bertz CT molecular complexity index is 1270. The van der Waals surface area contributed by atoms with Crippen molar-refractivity contribution in [2.75, 3.05) is 13.2 Å². The highest BCUT2D eigenvalue weighted by molar-refractivity contribution is 5.77. The SMILES string of the molecule is CC1(C)CC2C3=CCC4C5(C)CC(O)C(O[C@@H]6O[C@H](CO)[C@@H](O)[C@@H](O)[C@H]6O)C(C)(CO)C5CCC4(C)C3(C)CCC2(C(=O)O)CC1O. The van der Waals surface area contributed by atoms with Gasteiger partial charge in [-0.25, -0.2) is 0 Å². The third-order valence-corrected chi connectivity index (χ3v) is 15.4. The first-order valence-corrected chi connectivity index (χ1v) is 17.6. The van der Waals surface area contributed by atoms with Crippen LogP contribution in [-0.4, -0.2) is 109 Å². The van der Waals surface area contributed by atoms with Gasteiger partial charge in [0.2, 0.25) is 0 Å². The van der Waals surface area contributed by atoms with Gasteiger partial charge in [-0.2, -0.15) is 0 Å². The zero-order valence-electron chi connectivity index (χ0n) is 28.8. The zero-order chi connectivity index (χ0) is 34.7. The predicted molar refractivity (Wildman–Crippen MR) is 170 cm³/mol. The molecule has 1 saturated heterocycles. The number of rotatable bonds is 5. The number of hydrogen-bond donors (Lipinski definition) is 8. The number of carboxylic acids is 1. The number of allylic oxidation sites excluding steroid dienone is 2. The van der Waals surface area contributed by atoms with Crippen LogP contribution in [0.4, 0.5) is 0 Å². The number of aliphatic hydroxyl groups excluding tert-OH is 7. The average molecular weight is 667 g/mol. The highest BCUT2D eigenvalue weighted by Gasteiger charge is 2.71. The number of carbonyl (C=O) groups is 1. The molecule has 0 radical (unpaired) electrons. The smallest absolute Gasteiger partial charge is 0.310 e. The Hall–Kier alpha value is -1.15. The summed E-state index contributed by atoms with van der Waals surface area (Å²) in [6.45, 7) is 12.0. The molecule has 5 fully saturated rings. The summed E-state index contributed by atoms with van der Waals surface area (Å²) in [7, 11) is 0. The first kappa shape index (κ1) is 35.7. The van der Waals surface area contributed by atoms with Crippen molar-refractivity contribution < 1.29 is 55.1 Å². The minimum absolute atomic E-state index is 0.0830. The Balaban J connectivity index is 1.34. The fourth-order valence-electron chi connectivity index (χ4n) is 12.3. The van der Waals surface area contributed by atoms with Crippen molar-refractivity contribution in [1.29, 1.82) is 0 Å². The highest BCUT2D eigenvalue weighted by Crippen LogP contribution is 2.76. The van der Waals surface area contributed by atoms with Gasteiger partial charge in [0.05, 0.1) is 36.9 Å². The van der Waals surface area contributed by atoms with Crippen molar-refractivity contribution in [3.63, 3.8) is 0 Å². The van der Waals surface area contributed by atoms with E-state index in [9.17, 15) is 45.6 Å². The monoisotopic (exact) mass is 666 g/mol. The van der Waals surface area contributed by atoms with Crippen LogP contribution in [0.5, 0.6) is 0 Å². The Morgan fingerprint density at radius 2 is 1.57 bits per heavy atom. The van der Waals surface area contributed by atoms with E-state index < -0.39 is 83.3 Å². The van der Waals surface area contributed by atoms with Gasteiger partial charge in [-0.05, 0) is 90.8 Å². The second-order valence-corrected chi connectivity index (χ2v) is 17.9. The standard InChI is InChI=1S/C36H58O11/c1-31(2)13-19-18-7-8-23-32(3)14-20(39)28(47-29-27(43)26(42)25(41)21(16-37)46-29)33(4,17-38)22(32)9-10-35(23,6)34(18,5)11-12-36(19,30(44)45)15-24(31)40/h7,19-29,37-43H,8-17H2,1-6H3,(H,44,45)/t19?,20?,21-,22?,23?,24?,25-,26-,27-,28?,29+,32?,33?,34?,35?,36?/m1/s1. The van der Waals surface area contributed by atoms with Crippen LogP contribution in [0, 0.1) is 50.2 Å². The van der Waals surface area contributed by atoms with Gasteiger partial charge in [0.25, 0.3) is 0 Å². The normalized spacial score (nSPS) is 55.5. The number of fused-ring (bicyclic) bond motifs is 7. The molecule has 5 aliphatic carbocycles. The van der Waals surface area contributed by atoms with Gasteiger partial charge in [-0.1, -0.05) is 53.2 Å². The Labute approximate surface area is 278 Å². The van der Waals surface area contributed by atoms with E-state index in [0.717, 1.165) is 19.3 Å². The molecule has 4 saturated carbocycles. The first-order chi connectivity index (χ1) is 21.8. The maximum Gasteiger partial charge on any atom is 0.310 e. The molecule has 268 valence electrons. The van der Waals surface area contributed by atoms with Gasteiger partial charge in [0.15, 0.2) is 6.29 Å². The number of hydrogen-bond acceptors (Lipinski definition) is 10. The maximum absolute atomic E-state index is 13.0. The summed E-state index contributed by atoms with van der Waals surface area (Å²) < 4.78 is 11.9. The number of carboxylic acid groups (broad SMARTS) is 1. The van der Waals surface area contributed by atoms with E-state index in [1.54, 1.807) is 0 Å². The van der Waals surface area contributed by atoms with Gasteiger partial charge < -0.3 is 50.3 Å². The quantitative estimate of drug-likeness (QED) is 0.158. The fourth-order valence-corrected chi connectivity index (χ4v) is 12.3. The number of ether oxygens (including phenoxy) is 2. The topological polar surface area (TPSA) is 197 Å². The van der Waals surface area contributed by atoms with Crippen LogP contribution >= 0.6 is 0 Å². The minimum atomic E-state index is -1.62. The van der Waals surface area contributed by atoms with Gasteiger partial charge in [0, 0.05) is 5.41 Å². The molecular formula is C36H58O11. The van der Waals surface area contributed by atoms with Crippen LogP contribution in [0.25, 0.3) is 0 Å². The van der Waals surface area contributed by atoms with Crippen molar-refractivity contribution in [3.8, 4) is 0 Å². The van der Waals surface area contributed by atoms with E-state index in [0.29, 0.717) is 25.7 Å². The lowest BCUT2D eigenvalue weighted by Crippen LogP contribution is -2.69. The maximum atomic E-state index is 13.0. The second-order valence-electron chi connectivity index (χ2n) is 17.9. The summed E-state index contributed by atoms with van der Waals surface area (Å²) in [6.07, 6.45) is -3.01. The van der Waals surface area contributed by atoms with Gasteiger partial charge in [-0.15, -0.1) is 0 Å². The summed E-state index contributed by atoms with van der Waals surface area (Å²) in [5, 5.41) is 85.7. The number of aliphatic carboxylic acids is 1. The molecule has 0 spiro atoms. The van der Waals surface area contributed by atoms with Crippen LogP contribution in [0.2, 0.25) is 0 Å². The summed E-state index contributed by atoms with van der Waals surface area (Å²) in [5.41, 5.74) is -2.05. The summed E-state index contributed by atoms with van der Waals surface area (Å²) in [5.74, 6) is -0.949. The van der Waals surface area contributed by atoms with Gasteiger partial charge >= 0.3 is 5.97 Å². The minimum Gasteiger partial charge on any atom is -0.481 e. The van der Waals surface area contributed by atoms with Gasteiger partial charge in [0.1, 0.15) is 24.4 Å². The van der Waals surface area contributed by atoms with Crippen LogP contribution in [0.1, 0.15) is 92.9 Å². The molecule has 1 heterocycles. The second kappa shape index (κ2) is 11.4. The fraction of sp³-hybridized carbons (Fsp3) is 0.917. The molecule has 11 nitrogen and oxygen atoms in total. The molecule has 11 unspecified atom stereocenters. The van der Waals surface area contributed by atoms with Crippen molar-refractivity contribution >= 4 is 5.97 Å². The zero-order valence-corrected chi connectivity index (χ0v) is 28.8. The molecule has 6 aliphatic rings. The largest absolute Gasteiger partial charge is 0.481 e. The molecule has 16 atom stereocenters. The van der Waals surface area contributed by atoms with Crippen LogP contribution < -0.4 is 0 Å². The predicted octanol–water partition coefficient (Wildman–Crippen LogP) is 1.97. The Morgan fingerprint density at radius 1 is 0.894 bits per heavy atom. The molecular weight excluding hydrogens is 608 g/mol. The van der Waals surface area contributed by atoms with E-state index in [-0.39, 0.29) is 41.6 Å². The lowest BCUT2D eigenvalue weighted by molar-refractivity contribution is -0.345. The third kappa shape index (κ3) is 4.74. The molecule has 0 bridgehead atoms. The molecule has 0 aromatic carbocycles. The van der Waals surface area contributed by atoms with Crippen molar-refractivity contribution in [2.24, 2.45) is 50.2 Å². The van der Waals surface area contributed by atoms with Crippen LogP contribution in [-0.2, 0) is 14.3 Å². The van der Waals surface area contributed by atoms with Crippen LogP contribution in [0.15, 0.2) is 11.6 Å². The van der Waals surface area contributed by atoms with Crippen molar-refractivity contribution in [3.05, 3.63) is 11.6 Å². The van der Waals surface area contributed by atoms with Crippen molar-refractivity contribution in [2.45, 2.75) is 142 Å². The van der Waals surface area contributed by atoms with E-state index in [4.69, 9.17) is 9.47 Å². The molecule has 0 aromatic heterocycles. The van der Waals surface area contributed by atoms with E-state index in [1.807, 2.05) is 20.8 Å². The molecule has 8 N–H and O–H groups in total. The molecule has 6 rings (SSSR count). The van der Waals surface area contributed by atoms with E-state index in [2.05, 4.69) is 26.8 Å². The van der Waals surface area contributed by atoms with Crippen LogP contribution in [0.3, 0.4) is 0 Å². The average Bonchev–Trinajstić information content (AvgIpc) is 3.00. The summed E-state index contributed by atoms with van der Waals surface area (Å²) >= 11 is 0. The van der Waals surface area contributed by atoms with Gasteiger partial charge in [-0.3, -0.25) is 4.79 Å². The summed E-state index contributed by atoms with van der Waals surface area (Å²) in [6, 6.07) is 0. The molecule has 47 heavy (non-hydrogen) atoms. The first-order valence-electron chi connectivity index (χ1n) is 17.6.